The second kappa shape index (κ2) is 6.55. The fourth-order valence-corrected chi connectivity index (χ4v) is 2.97. The smallest absolute Gasteiger partial charge is 0.0739 e. The topological polar surface area (TPSA) is 43.8 Å². The lowest BCUT2D eigenvalue weighted by atomic mass is 10.4. The molecule has 5 heteroatoms. The maximum absolute atomic E-state index is 5.46. The van der Waals surface area contributed by atoms with Crippen LogP contribution in [-0.4, -0.2) is 22.1 Å². The van der Waals surface area contributed by atoms with Crippen molar-refractivity contribution in [1.29, 1.82) is 0 Å². The number of aromatic nitrogens is 2. The summed E-state index contributed by atoms with van der Waals surface area (Å²) in [5.74, 6) is 2.13. The molecule has 0 aliphatic carbocycles. The number of hydrogen-bond acceptors (Lipinski definition) is 3. The minimum absolute atomic E-state index is 0.778. The molecule has 0 aliphatic heterocycles. The maximum atomic E-state index is 5.46. The highest BCUT2D eigenvalue weighted by molar-refractivity contribution is 9.10. The van der Waals surface area contributed by atoms with Crippen LogP contribution in [0.15, 0.2) is 4.47 Å². The van der Waals surface area contributed by atoms with Gasteiger partial charge in [-0.05, 0) is 48.5 Å². The van der Waals surface area contributed by atoms with E-state index in [1.807, 2.05) is 18.7 Å². The average molecular weight is 292 g/mol. The molecule has 1 heterocycles. The van der Waals surface area contributed by atoms with Gasteiger partial charge in [0.05, 0.1) is 15.9 Å². The molecule has 0 amide bonds. The average Bonchev–Trinajstić information content (AvgIpc) is 2.51. The van der Waals surface area contributed by atoms with E-state index >= 15 is 0 Å². The summed E-state index contributed by atoms with van der Waals surface area (Å²) in [6.07, 6.45) is 1.08. The Bertz CT molecular complexity index is 312. The van der Waals surface area contributed by atoms with Gasteiger partial charge in [0.15, 0.2) is 0 Å². The molecular formula is C10H18BrN3S. The van der Waals surface area contributed by atoms with Gasteiger partial charge in [0.25, 0.3) is 0 Å². The van der Waals surface area contributed by atoms with Gasteiger partial charge in [-0.1, -0.05) is 0 Å². The Kier molecular flexibility index (Phi) is 5.71. The van der Waals surface area contributed by atoms with Gasteiger partial charge in [-0.2, -0.15) is 16.9 Å². The van der Waals surface area contributed by atoms with Crippen molar-refractivity contribution >= 4 is 27.7 Å². The summed E-state index contributed by atoms with van der Waals surface area (Å²) in [5, 5.41) is 4.46. The molecule has 0 atom stereocenters. The van der Waals surface area contributed by atoms with Crippen LogP contribution in [0.4, 0.5) is 0 Å². The van der Waals surface area contributed by atoms with Gasteiger partial charge in [0.1, 0.15) is 0 Å². The molecule has 0 bridgehead atoms. The normalized spacial score (nSPS) is 10.9. The minimum Gasteiger partial charge on any atom is -0.330 e. The monoisotopic (exact) mass is 291 g/mol. The third-order valence-corrected chi connectivity index (χ3v) is 4.27. The van der Waals surface area contributed by atoms with E-state index in [4.69, 9.17) is 5.73 Å². The molecular weight excluding hydrogens is 274 g/mol. The third-order valence-electron chi connectivity index (χ3n) is 2.18. The number of nitrogens with two attached hydrogens (primary N) is 1. The number of hydrogen-bond donors (Lipinski definition) is 1. The van der Waals surface area contributed by atoms with Crippen molar-refractivity contribution in [2.45, 2.75) is 32.6 Å². The Morgan fingerprint density at radius 2 is 2.27 bits per heavy atom. The van der Waals surface area contributed by atoms with Crippen LogP contribution in [0.2, 0.25) is 0 Å². The van der Waals surface area contributed by atoms with Gasteiger partial charge in [-0.3, -0.25) is 4.68 Å². The SMILES string of the molecule is CCn1nc(C)c(Br)c1CSCCCN. The van der Waals surface area contributed by atoms with Crippen LogP contribution in [-0.2, 0) is 12.3 Å². The summed E-state index contributed by atoms with van der Waals surface area (Å²) in [6, 6.07) is 0. The fourth-order valence-electron chi connectivity index (χ4n) is 1.36. The Morgan fingerprint density at radius 3 is 2.87 bits per heavy atom. The van der Waals surface area contributed by atoms with Crippen LogP contribution in [0.5, 0.6) is 0 Å². The molecule has 0 saturated carbocycles. The molecule has 0 spiro atoms. The van der Waals surface area contributed by atoms with E-state index in [0.29, 0.717) is 0 Å². The Labute approximate surface area is 104 Å². The van der Waals surface area contributed by atoms with Gasteiger partial charge in [-0.15, -0.1) is 0 Å². The number of halogens is 1. The summed E-state index contributed by atoms with van der Waals surface area (Å²) in [5.41, 5.74) is 7.82. The molecule has 1 aromatic heterocycles. The molecule has 0 aromatic carbocycles. The van der Waals surface area contributed by atoms with Gasteiger partial charge >= 0.3 is 0 Å². The van der Waals surface area contributed by atoms with Crippen molar-refractivity contribution in [3.05, 3.63) is 15.9 Å². The molecule has 86 valence electrons. The van der Waals surface area contributed by atoms with Gasteiger partial charge < -0.3 is 5.73 Å². The van der Waals surface area contributed by atoms with Crippen molar-refractivity contribution in [2.75, 3.05) is 12.3 Å². The summed E-state index contributed by atoms with van der Waals surface area (Å²) in [6.45, 7) is 5.86. The molecule has 1 rings (SSSR count). The number of rotatable bonds is 6. The van der Waals surface area contributed by atoms with Crippen LogP contribution in [0.25, 0.3) is 0 Å². The molecule has 0 unspecified atom stereocenters. The van der Waals surface area contributed by atoms with E-state index in [-0.39, 0.29) is 0 Å². The molecule has 0 saturated heterocycles. The predicted molar refractivity (Wildman–Crippen MR) is 70.2 cm³/mol. The van der Waals surface area contributed by atoms with Crippen molar-refractivity contribution in [2.24, 2.45) is 5.73 Å². The summed E-state index contributed by atoms with van der Waals surface area (Å²) >= 11 is 5.51. The summed E-state index contributed by atoms with van der Waals surface area (Å²) in [4.78, 5) is 0. The molecule has 15 heavy (non-hydrogen) atoms. The van der Waals surface area contributed by atoms with Crippen LogP contribution in [0, 0.1) is 6.92 Å². The molecule has 2 N–H and O–H groups in total. The predicted octanol–water partition coefficient (Wildman–Crippen LogP) is 2.56. The molecule has 0 aliphatic rings. The van der Waals surface area contributed by atoms with Crippen LogP contribution in [0.3, 0.4) is 0 Å². The van der Waals surface area contributed by atoms with Crippen molar-refractivity contribution in [1.82, 2.24) is 9.78 Å². The molecule has 0 radical (unpaired) electrons. The molecule has 3 nitrogen and oxygen atoms in total. The Morgan fingerprint density at radius 1 is 1.53 bits per heavy atom. The number of nitrogens with zero attached hydrogens (tertiary/aromatic N) is 2. The second-order valence-electron chi connectivity index (χ2n) is 3.36. The van der Waals surface area contributed by atoms with E-state index in [2.05, 4.69) is 32.6 Å². The first-order chi connectivity index (χ1) is 7.20. The zero-order chi connectivity index (χ0) is 11.3. The minimum atomic E-state index is 0.778. The van der Waals surface area contributed by atoms with Crippen molar-refractivity contribution in [3.63, 3.8) is 0 Å². The lowest BCUT2D eigenvalue weighted by Crippen LogP contribution is -2.03. The van der Waals surface area contributed by atoms with Crippen LogP contribution < -0.4 is 5.73 Å². The van der Waals surface area contributed by atoms with Gasteiger partial charge in [0, 0.05) is 12.3 Å². The van der Waals surface area contributed by atoms with Crippen molar-refractivity contribution in [3.8, 4) is 0 Å². The van der Waals surface area contributed by atoms with Crippen molar-refractivity contribution < 1.29 is 0 Å². The maximum Gasteiger partial charge on any atom is 0.0739 e. The van der Waals surface area contributed by atoms with Gasteiger partial charge in [0.2, 0.25) is 0 Å². The van der Waals surface area contributed by atoms with E-state index < -0.39 is 0 Å². The van der Waals surface area contributed by atoms with Crippen LogP contribution >= 0.6 is 27.7 Å². The largest absolute Gasteiger partial charge is 0.330 e. The lowest BCUT2D eigenvalue weighted by Gasteiger charge is -2.04. The lowest BCUT2D eigenvalue weighted by molar-refractivity contribution is 0.631. The highest BCUT2D eigenvalue weighted by Gasteiger charge is 2.11. The quantitative estimate of drug-likeness (QED) is 0.820. The van der Waals surface area contributed by atoms with E-state index in [9.17, 15) is 0 Å². The zero-order valence-electron chi connectivity index (χ0n) is 9.29. The first-order valence-corrected chi connectivity index (χ1v) is 7.15. The number of thioether (sulfide) groups is 1. The van der Waals surface area contributed by atoms with E-state index in [0.717, 1.165) is 41.2 Å². The van der Waals surface area contributed by atoms with Gasteiger partial charge in [-0.25, -0.2) is 0 Å². The first kappa shape index (κ1) is 13.1. The fraction of sp³-hybridized carbons (Fsp3) is 0.700. The number of aryl methyl sites for hydroxylation is 2. The molecule has 1 aromatic rings. The summed E-state index contributed by atoms with van der Waals surface area (Å²) < 4.78 is 3.22. The first-order valence-electron chi connectivity index (χ1n) is 5.20. The third kappa shape index (κ3) is 3.50. The highest BCUT2D eigenvalue weighted by atomic mass is 79.9. The molecule has 0 fully saturated rings. The van der Waals surface area contributed by atoms with E-state index in [1.165, 1.54) is 5.69 Å². The standard InChI is InChI=1S/C10H18BrN3S/c1-3-14-9(7-15-6-4-5-12)10(11)8(2)13-14/h3-7,12H2,1-2H3. The Balaban J connectivity index is 2.58. The summed E-state index contributed by atoms with van der Waals surface area (Å²) in [7, 11) is 0. The zero-order valence-corrected chi connectivity index (χ0v) is 11.7. The highest BCUT2D eigenvalue weighted by Crippen LogP contribution is 2.25. The second-order valence-corrected chi connectivity index (χ2v) is 5.25. The van der Waals surface area contributed by atoms with E-state index in [1.54, 1.807) is 0 Å². The van der Waals surface area contributed by atoms with Crippen LogP contribution in [0.1, 0.15) is 24.7 Å². The Hall–Kier alpha value is -0.0000000000000000763.